The third kappa shape index (κ3) is 6.51. The van der Waals surface area contributed by atoms with E-state index >= 15 is 0 Å². The SMILES string of the molecule is COc1cc2nccc(Oc3ccc(CC(=O)c4c(N5CCN(C)CC5)ccn(Cc5ccccc5)c4=O)nc3)c2cc1OC. The average molecular weight is 606 g/mol. The first kappa shape index (κ1) is 29.8. The normalized spacial score (nSPS) is 13.5. The molecule has 0 amide bonds. The number of fused-ring (bicyclic) bond motifs is 1. The van der Waals surface area contributed by atoms with Crippen molar-refractivity contribution >= 4 is 22.4 Å². The number of anilines is 1. The smallest absolute Gasteiger partial charge is 0.263 e. The third-order valence-corrected chi connectivity index (χ3v) is 8.04. The van der Waals surface area contributed by atoms with Gasteiger partial charge in [0.1, 0.15) is 17.1 Å². The van der Waals surface area contributed by atoms with Crippen LogP contribution in [0.3, 0.4) is 0 Å². The monoisotopic (exact) mass is 605 g/mol. The summed E-state index contributed by atoms with van der Waals surface area (Å²) >= 11 is 0. The Morgan fingerprint density at radius 2 is 1.62 bits per heavy atom. The van der Waals surface area contributed by atoms with Gasteiger partial charge in [-0.1, -0.05) is 30.3 Å². The van der Waals surface area contributed by atoms with Crippen LogP contribution in [-0.2, 0) is 13.0 Å². The van der Waals surface area contributed by atoms with E-state index in [0.29, 0.717) is 46.4 Å². The molecule has 0 radical (unpaired) electrons. The van der Waals surface area contributed by atoms with Crippen LogP contribution < -0.4 is 24.7 Å². The highest BCUT2D eigenvalue weighted by Gasteiger charge is 2.25. The molecule has 1 aliphatic rings. The van der Waals surface area contributed by atoms with Gasteiger partial charge in [0.05, 0.1) is 44.6 Å². The zero-order valence-corrected chi connectivity index (χ0v) is 25.6. The first-order valence-electron chi connectivity index (χ1n) is 14.8. The predicted molar refractivity (Wildman–Crippen MR) is 173 cm³/mol. The van der Waals surface area contributed by atoms with Crippen molar-refractivity contribution in [2.75, 3.05) is 52.3 Å². The zero-order chi connectivity index (χ0) is 31.3. The van der Waals surface area contributed by atoms with Crippen molar-refractivity contribution in [3.8, 4) is 23.0 Å². The second-order valence-electron chi connectivity index (χ2n) is 11.0. The Hall–Kier alpha value is -5.22. The van der Waals surface area contributed by atoms with E-state index in [4.69, 9.17) is 14.2 Å². The summed E-state index contributed by atoms with van der Waals surface area (Å²) < 4.78 is 18.6. The lowest BCUT2D eigenvalue weighted by Gasteiger charge is -2.35. The van der Waals surface area contributed by atoms with Crippen molar-refractivity contribution in [2.45, 2.75) is 13.0 Å². The Kier molecular flexibility index (Phi) is 8.74. The number of hydrogen-bond donors (Lipinski definition) is 0. The summed E-state index contributed by atoms with van der Waals surface area (Å²) in [4.78, 5) is 41.0. The Bertz CT molecular complexity index is 1870. The van der Waals surface area contributed by atoms with Crippen molar-refractivity contribution in [3.63, 3.8) is 0 Å². The maximum absolute atomic E-state index is 13.9. The van der Waals surface area contributed by atoms with E-state index < -0.39 is 0 Å². The number of ether oxygens (including phenoxy) is 3. The molecular formula is C35H35N5O5. The van der Waals surface area contributed by atoms with Crippen molar-refractivity contribution in [1.29, 1.82) is 0 Å². The van der Waals surface area contributed by atoms with Gasteiger partial charge in [-0.2, -0.15) is 0 Å². The molecule has 5 aromatic rings. The summed E-state index contributed by atoms with van der Waals surface area (Å²) in [7, 11) is 5.23. The molecule has 2 aromatic carbocycles. The summed E-state index contributed by atoms with van der Waals surface area (Å²) in [5.41, 5.74) is 2.81. The van der Waals surface area contributed by atoms with Crippen LogP contribution in [0.5, 0.6) is 23.0 Å². The second-order valence-corrected chi connectivity index (χ2v) is 11.0. The number of rotatable bonds is 10. The molecule has 10 nitrogen and oxygen atoms in total. The number of aromatic nitrogens is 3. The highest BCUT2D eigenvalue weighted by molar-refractivity contribution is 6.02. The summed E-state index contributed by atoms with van der Waals surface area (Å²) in [5.74, 6) is 1.95. The van der Waals surface area contributed by atoms with Crippen LogP contribution in [-0.4, -0.2) is 72.7 Å². The molecule has 1 aliphatic heterocycles. The molecule has 1 fully saturated rings. The Morgan fingerprint density at radius 1 is 0.867 bits per heavy atom. The molecule has 0 unspecified atom stereocenters. The minimum atomic E-state index is -0.295. The number of hydrogen-bond acceptors (Lipinski definition) is 9. The molecule has 0 N–H and O–H groups in total. The molecule has 45 heavy (non-hydrogen) atoms. The van der Waals surface area contributed by atoms with E-state index in [1.807, 2.05) is 42.5 Å². The first-order chi connectivity index (χ1) is 21.9. The van der Waals surface area contributed by atoms with Gasteiger partial charge in [-0.25, -0.2) is 0 Å². The van der Waals surface area contributed by atoms with Gasteiger partial charge in [0.25, 0.3) is 5.56 Å². The van der Waals surface area contributed by atoms with Gasteiger partial charge in [-0.15, -0.1) is 0 Å². The molecule has 6 rings (SSSR count). The lowest BCUT2D eigenvalue weighted by atomic mass is 10.0. The summed E-state index contributed by atoms with van der Waals surface area (Å²) in [6, 6.07) is 20.6. The maximum Gasteiger partial charge on any atom is 0.263 e. The molecule has 0 atom stereocenters. The maximum atomic E-state index is 13.9. The van der Waals surface area contributed by atoms with Crippen LogP contribution in [0.25, 0.3) is 10.9 Å². The van der Waals surface area contributed by atoms with Crippen LogP contribution in [0.1, 0.15) is 21.6 Å². The number of Topliss-reactive ketones (excluding diaryl/α,β-unsaturated/α-hetero) is 1. The fraction of sp³-hybridized carbons (Fsp3) is 0.257. The van der Waals surface area contributed by atoms with E-state index in [0.717, 1.165) is 37.1 Å². The fourth-order valence-corrected chi connectivity index (χ4v) is 5.53. The highest BCUT2D eigenvalue weighted by Crippen LogP contribution is 2.36. The molecule has 0 bridgehead atoms. The number of carbonyl (C=O) groups excluding carboxylic acids is 1. The van der Waals surface area contributed by atoms with Crippen LogP contribution >= 0.6 is 0 Å². The van der Waals surface area contributed by atoms with Gasteiger partial charge in [-0.05, 0) is 42.9 Å². The first-order valence-corrected chi connectivity index (χ1v) is 14.8. The minimum absolute atomic E-state index is 0.0131. The second kappa shape index (κ2) is 13.2. The van der Waals surface area contributed by atoms with Crippen LogP contribution in [0, 0.1) is 0 Å². The van der Waals surface area contributed by atoms with E-state index in [-0.39, 0.29) is 23.3 Å². The quantitative estimate of drug-likeness (QED) is 0.207. The lowest BCUT2D eigenvalue weighted by molar-refractivity contribution is 0.0990. The fourth-order valence-electron chi connectivity index (χ4n) is 5.53. The van der Waals surface area contributed by atoms with Gasteiger partial charge >= 0.3 is 0 Å². The van der Waals surface area contributed by atoms with Crippen molar-refractivity contribution < 1.29 is 19.0 Å². The lowest BCUT2D eigenvalue weighted by Crippen LogP contribution is -2.46. The highest BCUT2D eigenvalue weighted by atomic mass is 16.5. The van der Waals surface area contributed by atoms with Crippen LogP contribution in [0.2, 0.25) is 0 Å². The Labute approximate surface area is 261 Å². The third-order valence-electron chi connectivity index (χ3n) is 8.04. The van der Waals surface area contributed by atoms with Gasteiger partial charge in [0.2, 0.25) is 0 Å². The molecule has 3 aromatic heterocycles. The number of pyridine rings is 3. The standard InChI is InChI=1S/C35H35N5O5/c1-38-15-17-39(18-16-38)29-12-14-40(23-24-7-5-4-6-8-24)35(42)34(29)30(41)19-25-9-10-26(22-37-25)45-31-11-13-36-28-21-33(44-3)32(43-2)20-27(28)31/h4-14,20-22H,15-19,23H2,1-3H3. The van der Waals surface area contributed by atoms with Crippen molar-refractivity contribution in [2.24, 2.45) is 0 Å². The van der Waals surface area contributed by atoms with Gasteiger partial charge in [-0.3, -0.25) is 19.6 Å². The number of ketones is 1. The Morgan fingerprint density at radius 3 is 2.33 bits per heavy atom. The number of piperazine rings is 1. The summed E-state index contributed by atoms with van der Waals surface area (Å²) in [6.07, 6.45) is 5.02. The van der Waals surface area contributed by atoms with E-state index in [2.05, 4.69) is 26.8 Å². The number of methoxy groups -OCH3 is 2. The van der Waals surface area contributed by atoms with Gasteiger partial charge < -0.3 is 28.6 Å². The summed E-state index contributed by atoms with van der Waals surface area (Å²) in [5, 5.41) is 0.752. The van der Waals surface area contributed by atoms with E-state index in [1.165, 1.54) is 0 Å². The largest absolute Gasteiger partial charge is 0.493 e. The average Bonchev–Trinajstić information content (AvgIpc) is 3.06. The van der Waals surface area contributed by atoms with Crippen molar-refractivity contribution in [3.05, 3.63) is 112 Å². The molecule has 0 saturated carbocycles. The molecule has 10 heteroatoms. The van der Waals surface area contributed by atoms with E-state index in [9.17, 15) is 9.59 Å². The molecular weight excluding hydrogens is 570 g/mol. The number of likely N-dealkylation sites (N-methyl/N-ethyl adjacent to an activating group) is 1. The molecule has 4 heterocycles. The predicted octanol–water partition coefficient (Wildman–Crippen LogP) is 4.83. The molecule has 0 spiro atoms. The molecule has 230 valence electrons. The number of carbonyl (C=O) groups is 1. The minimum Gasteiger partial charge on any atom is -0.493 e. The number of nitrogens with zero attached hydrogens (tertiary/aromatic N) is 5. The van der Waals surface area contributed by atoms with Gasteiger partial charge in [0.15, 0.2) is 17.3 Å². The number of benzene rings is 2. The summed E-state index contributed by atoms with van der Waals surface area (Å²) in [6.45, 7) is 3.58. The molecule has 1 saturated heterocycles. The topological polar surface area (TPSA) is 99.0 Å². The van der Waals surface area contributed by atoms with Crippen molar-refractivity contribution in [1.82, 2.24) is 19.4 Å². The van der Waals surface area contributed by atoms with Gasteiger partial charge in [0, 0.05) is 55.7 Å². The zero-order valence-electron chi connectivity index (χ0n) is 25.6. The van der Waals surface area contributed by atoms with E-state index in [1.54, 1.807) is 61.6 Å². The molecule has 0 aliphatic carbocycles. The Balaban J connectivity index is 1.25. The van der Waals surface area contributed by atoms with Crippen LogP contribution in [0.15, 0.2) is 90.1 Å². The van der Waals surface area contributed by atoms with Crippen LogP contribution in [0.4, 0.5) is 5.69 Å².